The molecular formula is C10H16O2. The fourth-order valence-corrected chi connectivity index (χ4v) is 1.34. The van der Waals surface area contributed by atoms with Crippen LogP contribution < -0.4 is 0 Å². The van der Waals surface area contributed by atoms with Crippen molar-refractivity contribution in [3.05, 3.63) is 0 Å². The Balaban J connectivity index is 4.49. The van der Waals surface area contributed by atoms with Gasteiger partial charge >= 0.3 is 5.97 Å². The van der Waals surface area contributed by atoms with E-state index >= 15 is 0 Å². The second-order valence-electron chi connectivity index (χ2n) is 2.85. The van der Waals surface area contributed by atoms with Gasteiger partial charge in [-0.2, -0.15) is 0 Å². The molecule has 0 rings (SSSR count). The summed E-state index contributed by atoms with van der Waals surface area (Å²) in [5.74, 6) is -0.266. The molecule has 0 atom stereocenters. The summed E-state index contributed by atoms with van der Waals surface area (Å²) in [6, 6.07) is 0. The normalized spacial score (nSPS) is 10.5. The first-order chi connectivity index (χ1) is 5.66. The summed E-state index contributed by atoms with van der Waals surface area (Å²) < 4.78 is 4.57. The first-order valence-electron chi connectivity index (χ1n) is 4.33. The zero-order valence-corrected chi connectivity index (χ0v) is 8.02. The number of carbonyl (C=O) groups is 1. The zero-order chi connectivity index (χ0) is 9.61. The Morgan fingerprint density at radius 1 is 1.33 bits per heavy atom. The van der Waals surface area contributed by atoms with Crippen LogP contribution in [0.1, 0.15) is 40.0 Å². The smallest absolute Gasteiger partial charge is 0.325 e. The molecule has 0 spiro atoms. The van der Waals surface area contributed by atoms with Crippen LogP contribution in [-0.4, -0.2) is 5.97 Å². The van der Waals surface area contributed by atoms with Crippen LogP contribution in [0, 0.1) is 17.9 Å². The van der Waals surface area contributed by atoms with Crippen LogP contribution in [0.5, 0.6) is 0 Å². The Kier molecular flexibility index (Phi) is 4.43. The van der Waals surface area contributed by atoms with Gasteiger partial charge in [0.15, 0.2) is 0 Å². The third-order valence-corrected chi connectivity index (χ3v) is 2.61. The number of esters is 1. The van der Waals surface area contributed by atoms with Crippen LogP contribution in [0.15, 0.2) is 0 Å². The van der Waals surface area contributed by atoms with Crippen molar-refractivity contribution in [2.75, 3.05) is 0 Å². The quantitative estimate of drug-likeness (QED) is 0.475. The van der Waals surface area contributed by atoms with Crippen LogP contribution in [0.4, 0.5) is 0 Å². The second kappa shape index (κ2) is 4.82. The van der Waals surface area contributed by atoms with Crippen molar-refractivity contribution < 1.29 is 9.53 Å². The molecule has 2 nitrogen and oxygen atoms in total. The summed E-state index contributed by atoms with van der Waals surface area (Å²) in [7, 11) is 0. The molecule has 0 saturated heterocycles. The lowest BCUT2D eigenvalue weighted by Crippen LogP contribution is -2.30. The van der Waals surface area contributed by atoms with Crippen molar-refractivity contribution in [3.8, 4) is 12.5 Å². The number of ether oxygens (including phenoxy) is 1. The third kappa shape index (κ3) is 2.01. The third-order valence-electron chi connectivity index (χ3n) is 2.61. The standard InChI is InChI=1S/C10H16O2/c1-5-10(6-2,7-3)9(11)12-8-4/h4H,5-7H2,1-3H3. The van der Waals surface area contributed by atoms with E-state index < -0.39 is 0 Å². The molecule has 2 heteroatoms. The average Bonchev–Trinajstić information content (AvgIpc) is 2.09. The molecule has 0 bridgehead atoms. The maximum atomic E-state index is 11.4. The Bertz CT molecular complexity index is 176. The van der Waals surface area contributed by atoms with Crippen molar-refractivity contribution in [1.29, 1.82) is 0 Å². The molecular weight excluding hydrogens is 152 g/mol. The van der Waals surface area contributed by atoms with E-state index in [1.54, 1.807) is 0 Å². The lowest BCUT2D eigenvalue weighted by Gasteiger charge is -2.25. The molecule has 0 unspecified atom stereocenters. The van der Waals surface area contributed by atoms with Gasteiger partial charge in [-0.05, 0) is 19.3 Å². The highest BCUT2D eigenvalue weighted by atomic mass is 16.5. The number of carbonyl (C=O) groups excluding carboxylic acids is 1. The molecule has 0 aliphatic heterocycles. The van der Waals surface area contributed by atoms with Gasteiger partial charge in [0.05, 0.1) is 5.41 Å². The molecule has 0 amide bonds. The zero-order valence-electron chi connectivity index (χ0n) is 8.02. The molecule has 0 aliphatic rings. The molecule has 0 radical (unpaired) electrons. The monoisotopic (exact) mass is 168 g/mol. The minimum Gasteiger partial charge on any atom is -0.372 e. The lowest BCUT2D eigenvalue weighted by atomic mass is 9.80. The Labute approximate surface area is 74.3 Å². The van der Waals surface area contributed by atoms with Crippen molar-refractivity contribution in [2.24, 2.45) is 5.41 Å². The summed E-state index contributed by atoms with van der Waals surface area (Å²) in [6.07, 6.45) is 9.16. The van der Waals surface area contributed by atoms with Gasteiger partial charge in [-0.15, -0.1) is 0 Å². The van der Waals surface area contributed by atoms with E-state index in [0.29, 0.717) is 0 Å². The first kappa shape index (κ1) is 11.0. The minimum absolute atomic E-state index is 0.266. The molecule has 0 saturated carbocycles. The fraction of sp³-hybridized carbons (Fsp3) is 0.700. The van der Waals surface area contributed by atoms with E-state index in [0.717, 1.165) is 19.3 Å². The molecule has 12 heavy (non-hydrogen) atoms. The summed E-state index contributed by atoms with van der Waals surface area (Å²) in [5.41, 5.74) is -0.369. The Morgan fingerprint density at radius 2 is 1.75 bits per heavy atom. The van der Waals surface area contributed by atoms with Crippen molar-refractivity contribution in [3.63, 3.8) is 0 Å². The largest absolute Gasteiger partial charge is 0.372 e. The van der Waals surface area contributed by atoms with E-state index in [2.05, 4.69) is 4.74 Å². The number of hydrogen-bond donors (Lipinski definition) is 0. The molecule has 0 fully saturated rings. The van der Waals surface area contributed by atoms with Gasteiger partial charge in [-0.1, -0.05) is 27.2 Å². The van der Waals surface area contributed by atoms with Gasteiger partial charge in [0.2, 0.25) is 0 Å². The summed E-state index contributed by atoms with van der Waals surface area (Å²) in [5, 5.41) is 0. The van der Waals surface area contributed by atoms with Gasteiger partial charge in [0.25, 0.3) is 0 Å². The molecule has 0 aliphatic carbocycles. The van der Waals surface area contributed by atoms with Crippen LogP contribution in [-0.2, 0) is 9.53 Å². The summed E-state index contributed by atoms with van der Waals surface area (Å²) in [4.78, 5) is 11.4. The van der Waals surface area contributed by atoms with Crippen molar-refractivity contribution in [2.45, 2.75) is 40.0 Å². The molecule has 0 aromatic carbocycles. The predicted octanol–water partition coefficient (Wildman–Crippen LogP) is 2.34. The van der Waals surface area contributed by atoms with Gasteiger partial charge in [-0.3, -0.25) is 4.79 Å². The molecule has 68 valence electrons. The van der Waals surface area contributed by atoms with Crippen molar-refractivity contribution >= 4 is 5.97 Å². The second-order valence-corrected chi connectivity index (χ2v) is 2.85. The molecule has 0 aromatic rings. The Hall–Kier alpha value is -0.970. The summed E-state index contributed by atoms with van der Waals surface area (Å²) in [6.45, 7) is 5.93. The highest BCUT2D eigenvalue weighted by Crippen LogP contribution is 2.31. The maximum absolute atomic E-state index is 11.4. The average molecular weight is 168 g/mol. The van der Waals surface area contributed by atoms with Crippen LogP contribution >= 0.6 is 0 Å². The SMILES string of the molecule is C#COC(=O)C(CC)(CC)CC. The minimum atomic E-state index is -0.369. The molecule has 0 N–H and O–H groups in total. The Morgan fingerprint density at radius 3 is 2.00 bits per heavy atom. The van der Waals surface area contributed by atoms with E-state index in [1.165, 1.54) is 0 Å². The summed E-state index contributed by atoms with van der Waals surface area (Å²) >= 11 is 0. The number of hydrogen-bond acceptors (Lipinski definition) is 2. The van der Waals surface area contributed by atoms with E-state index in [4.69, 9.17) is 6.42 Å². The topological polar surface area (TPSA) is 26.3 Å². The number of rotatable bonds is 4. The van der Waals surface area contributed by atoms with Gasteiger partial charge in [0, 0.05) is 0 Å². The number of terminal acetylenes is 1. The fourth-order valence-electron chi connectivity index (χ4n) is 1.34. The highest BCUT2D eigenvalue weighted by Gasteiger charge is 2.34. The van der Waals surface area contributed by atoms with Crippen molar-refractivity contribution in [1.82, 2.24) is 0 Å². The highest BCUT2D eigenvalue weighted by molar-refractivity contribution is 5.77. The van der Waals surface area contributed by atoms with Gasteiger partial charge in [0.1, 0.15) is 6.11 Å². The maximum Gasteiger partial charge on any atom is 0.325 e. The predicted molar refractivity (Wildman–Crippen MR) is 48.2 cm³/mol. The van der Waals surface area contributed by atoms with E-state index in [9.17, 15) is 4.79 Å². The van der Waals surface area contributed by atoms with Crippen LogP contribution in [0.3, 0.4) is 0 Å². The van der Waals surface area contributed by atoms with Gasteiger partial charge < -0.3 is 4.74 Å². The van der Waals surface area contributed by atoms with Crippen LogP contribution in [0.25, 0.3) is 0 Å². The lowest BCUT2D eigenvalue weighted by molar-refractivity contribution is -0.149. The first-order valence-corrected chi connectivity index (χ1v) is 4.33. The van der Waals surface area contributed by atoms with Crippen LogP contribution in [0.2, 0.25) is 0 Å². The molecule has 0 aromatic heterocycles. The molecule has 0 heterocycles. The van der Waals surface area contributed by atoms with Gasteiger partial charge in [-0.25, -0.2) is 0 Å². The van der Waals surface area contributed by atoms with E-state index in [1.807, 2.05) is 26.9 Å². The van der Waals surface area contributed by atoms with E-state index in [-0.39, 0.29) is 11.4 Å².